The van der Waals surface area contributed by atoms with Crippen LogP contribution in [-0.2, 0) is 29.5 Å². The van der Waals surface area contributed by atoms with E-state index in [0.29, 0.717) is 30.5 Å². The molecule has 0 spiro atoms. The number of aliphatic hydroxyl groups is 1. The lowest BCUT2D eigenvalue weighted by Gasteiger charge is -2.37. The van der Waals surface area contributed by atoms with Crippen molar-refractivity contribution in [2.75, 3.05) is 13.7 Å². The number of aromatic nitrogens is 3. The summed E-state index contributed by atoms with van der Waals surface area (Å²) in [4.78, 5) is 70.6. The third-order valence-corrected chi connectivity index (χ3v) is 11.2. The van der Waals surface area contributed by atoms with E-state index in [2.05, 4.69) is 20.9 Å². The Morgan fingerprint density at radius 2 is 1.67 bits per heavy atom. The average Bonchev–Trinajstić information content (AvgIpc) is 3.83. The number of likely N-dealkylation sites (tertiary alicyclic amines) is 1. The van der Waals surface area contributed by atoms with Gasteiger partial charge in [0, 0.05) is 18.5 Å². The summed E-state index contributed by atoms with van der Waals surface area (Å²) in [6.45, 7) is 3.27. The molecule has 3 aliphatic rings. The molecule has 1 unspecified atom stereocenters. The summed E-state index contributed by atoms with van der Waals surface area (Å²) < 4.78 is 6.33. The molecule has 6 rings (SSSR count). The number of carbonyl (C=O) groups is 5. The lowest BCUT2D eigenvalue weighted by molar-refractivity contribution is -0.156. The quantitative estimate of drug-likeness (QED) is 0.195. The number of hydrogen-bond donors (Lipinski definition) is 3. The maximum atomic E-state index is 14.9. The first-order chi connectivity index (χ1) is 24.9. The number of methoxy groups -OCH3 is 1. The molecule has 13 nitrogen and oxygen atoms in total. The number of esters is 1. The van der Waals surface area contributed by atoms with Gasteiger partial charge in [-0.1, -0.05) is 86.9 Å². The predicted molar refractivity (Wildman–Crippen MR) is 192 cm³/mol. The van der Waals surface area contributed by atoms with Crippen LogP contribution in [0.3, 0.4) is 0 Å². The molecule has 3 aromatic rings. The topological polar surface area (TPSA) is 173 Å². The fourth-order valence-corrected chi connectivity index (χ4v) is 8.36. The molecule has 2 saturated carbocycles. The largest absolute Gasteiger partial charge is 0.463 e. The minimum atomic E-state index is -1.45. The fourth-order valence-electron chi connectivity index (χ4n) is 8.36. The molecule has 2 aliphatic carbocycles. The number of fused-ring (bicyclic) bond motifs is 1. The zero-order chi connectivity index (χ0) is 37.0. The smallest absolute Gasteiger partial charge is 0.376 e. The zero-order valence-electron chi connectivity index (χ0n) is 30.3. The molecule has 278 valence electrons. The van der Waals surface area contributed by atoms with Crippen LogP contribution in [0.2, 0.25) is 0 Å². The van der Waals surface area contributed by atoms with Gasteiger partial charge in [-0.25, -0.2) is 9.48 Å². The Hall–Kier alpha value is -4.65. The third kappa shape index (κ3) is 7.89. The fraction of sp³-hybridized carbons (Fsp3) is 0.564. The van der Waals surface area contributed by atoms with Gasteiger partial charge in [0.15, 0.2) is 0 Å². The predicted octanol–water partition coefficient (Wildman–Crippen LogP) is 4.13. The van der Waals surface area contributed by atoms with Crippen LogP contribution in [0.25, 0.3) is 10.8 Å². The molecule has 52 heavy (non-hydrogen) atoms. The number of Topliss-reactive ketones (excluding diaryl/α,β-unsaturated/α-hetero) is 1. The first kappa shape index (κ1) is 37.1. The van der Waals surface area contributed by atoms with E-state index in [4.69, 9.17) is 4.74 Å². The summed E-state index contributed by atoms with van der Waals surface area (Å²) in [6, 6.07) is 10.6. The molecular formula is C39H50N6O7. The number of carbonyl (C=O) groups excluding carboxylic acids is 5. The highest BCUT2D eigenvalue weighted by molar-refractivity contribution is 6.37. The van der Waals surface area contributed by atoms with E-state index in [0.717, 1.165) is 56.4 Å². The van der Waals surface area contributed by atoms with E-state index in [9.17, 15) is 29.1 Å². The highest BCUT2D eigenvalue weighted by atomic mass is 16.5. The number of nitrogens with one attached hydrogen (secondary N) is 2. The van der Waals surface area contributed by atoms with Crippen LogP contribution in [0.1, 0.15) is 113 Å². The Balaban J connectivity index is 1.33. The van der Waals surface area contributed by atoms with Gasteiger partial charge in [-0.2, -0.15) is 0 Å². The van der Waals surface area contributed by atoms with Crippen LogP contribution in [-0.4, -0.2) is 85.8 Å². The molecule has 3 fully saturated rings. The van der Waals surface area contributed by atoms with Crippen molar-refractivity contribution >= 4 is 40.2 Å². The van der Waals surface area contributed by atoms with Crippen molar-refractivity contribution in [2.24, 2.45) is 5.92 Å². The molecule has 1 saturated heterocycles. The molecule has 2 heterocycles. The molecule has 3 atom stereocenters. The average molecular weight is 715 g/mol. The van der Waals surface area contributed by atoms with Crippen molar-refractivity contribution in [2.45, 2.75) is 120 Å². The standard InChI is InChI=1S/C39H50N6O7/c1-38(2,51)32-23-40-43-45(32)29-22-31(35(48)42-39(18-10-5-11-19-39)33(46)37(50)52-3)44(24-29)36(49)30(20-25-12-6-4-7-13-25)41-34(47)28-17-16-26-14-8-9-15-27(26)21-28/h8-9,14-17,21,23,25,29-31,51H,4-7,10-13,18-20,22,24H2,1-3H3,(H,41,47)(H,42,48)/t29-,30?,31-/m0/s1. The van der Waals surface area contributed by atoms with E-state index in [1.54, 1.807) is 30.7 Å². The Morgan fingerprint density at radius 1 is 0.981 bits per heavy atom. The molecular weight excluding hydrogens is 664 g/mol. The number of hydrogen-bond acceptors (Lipinski definition) is 9. The van der Waals surface area contributed by atoms with E-state index >= 15 is 0 Å². The summed E-state index contributed by atoms with van der Waals surface area (Å²) in [7, 11) is 1.14. The van der Waals surface area contributed by atoms with Crippen molar-refractivity contribution < 1.29 is 33.8 Å². The summed E-state index contributed by atoms with van der Waals surface area (Å²) >= 11 is 0. The molecule has 0 radical (unpaired) electrons. The first-order valence-electron chi connectivity index (χ1n) is 18.6. The van der Waals surface area contributed by atoms with E-state index < -0.39 is 52.8 Å². The Kier molecular flexibility index (Phi) is 11.1. The number of rotatable bonds is 11. The van der Waals surface area contributed by atoms with Gasteiger partial charge < -0.3 is 25.4 Å². The van der Waals surface area contributed by atoms with Crippen LogP contribution in [0.4, 0.5) is 0 Å². The summed E-state index contributed by atoms with van der Waals surface area (Å²) in [6.07, 6.45) is 9.75. The summed E-state index contributed by atoms with van der Waals surface area (Å²) in [5.41, 5.74) is -1.92. The van der Waals surface area contributed by atoms with Gasteiger partial charge in [0.25, 0.3) is 11.7 Å². The van der Waals surface area contributed by atoms with Gasteiger partial charge >= 0.3 is 5.97 Å². The molecule has 3 N–H and O–H groups in total. The van der Waals surface area contributed by atoms with Crippen molar-refractivity contribution in [1.82, 2.24) is 30.5 Å². The highest BCUT2D eigenvalue weighted by Crippen LogP contribution is 2.35. The minimum Gasteiger partial charge on any atom is -0.463 e. The van der Waals surface area contributed by atoms with Crippen LogP contribution < -0.4 is 10.6 Å². The lowest BCUT2D eigenvalue weighted by atomic mass is 9.78. The van der Waals surface area contributed by atoms with Crippen molar-refractivity contribution in [3.05, 3.63) is 59.9 Å². The van der Waals surface area contributed by atoms with Crippen LogP contribution in [0.15, 0.2) is 48.7 Å². The molecule has 2 aromatic carbocycles. The zero-order valence-corrected chi connectivity index (χ0v) is 30.3. The van der Waals surface area contributed by atoms with Crippen LogP contribution in [0, 0.1) is 5.92 Å². The molecule has 3 amide bonds. The second-order valence-electron chi connectivity index (χ2n) is 15.3. The van der Waals surface area contributed by atoms with Gasteiger partial charge in [-0.15, -0.1) is 5.10 Å². The van der Waals surface area contributed by atoms with Gasteiger partial charge in [-0.3, -0.25) is 19.2 Å². The monoisotopic (exact) mass is 714 g/mol. The molecule has 1 aromatic heterocycles. The van der Waals surface area contributed by atoms with Crippen LogP contribution >= 0.6 is 0 Å². The van der Waals surface area contributed by atoms with Crippen molar-refractivity contribution in [3.63, 3.8) is 0 Å². The SMILES string of the molecule is COC(=O)C(=O)C1(NC(=O)[C@@H]2C[C@H](n3nncc3C(C)(C)O)CN2C(=O)C(CC2CCCCC2)NC(=O)c2ccc3ccccc3c2)CCCCC1. The molecule has 13 heteroatoms. The first-order valence-corrected chi connectivity index (χ1v) is 18.6. The lowest BCUT2D eigenvalue weighted by Crippen LogP contribution is -2.62. The van der Waals surface area contributed by atoms with Gasteiger partial charge in [0.05, 0.1) is 25.0 Å². The summed E-state index contributed by atoms with van der Waals surface area (Å²) in [5, 5.41) is 27.1. The normalized spacial score (nSPS) is 21.3. The Morgan fingerprint density at radius 3 is 2.37 bits per heavy atom. The van der Waals surface area contributed by atoms with Gasteiger partial charge in [0.2, 0.25) is 11.8 Å². The minimum absolute atomic E-state index is 0.0499. The van der Waals surface area contributed by atoms with Crippen molar-refractivity contribution in [3.8, 4) is 0 Å². The van der Waals surface area contributed by atoms with E-state index in [1.807, 2.05) is 30.3 Å². The molecule has 1 aliphatic heterocycles. The number of ketones is 1. The van der Waals surface area contributed by atoms with E-state index in [1.165, 1.54) is 11.1 Å². The Labute approximate surface area is 303 Å². The van der Waals surface area contributed by atoms with Crippen LogP contribution in [0.5, 0.6) is 0 Å². The second-order valence-corrected chi connectivity index (χ2v) is 15.3. The molecule has 0 bridgehead atoms. The number of amides is 3. The second kappa shape index (κ2) is 15.5. The number of benzene rings is 2. The summed E-state index contributed by atoms with van der Waals surface area (Å²) in [5.74, 6) is -3.00. The third-order valence-electron chi connectivity index (χ3n) is 11.2. The van der Waals surface area contributed by atoms with Crippen molar-refractivity contribution in [1.29, 1.82) is 0 Å². The Bertz CT molecular complexity index is 1800. The maximum absolute atomic E-state index is 14.9. The van der Waals surface area contributed by atoms with Gasteiger partial charge in [-0.05, 0) is 61.9 Å². The number of nitrogens with zero attached hydrogens (tertiary/aromatic N) is 4. The van der Waals surface area contributed by atoms with E-state index in [-0.39, 0.29) is 37.6 Å². The highest BCUT2D eigenvalue weighted by Gasteiger charge is 2.50. The maximum Gasteiger partial charge on any atom is 0.376 e. The number of ether oxygens (including phenoxy) is 1. The van der Waals surface area contributed by atoms with Gasteiger partial charge in [0.1, 0.15) is 23.2 Å².